The highest BCUT2D eigenvalue weighted by Crippen LogP contribution is 2.25. The Labute approximate surface area is 74.8 Å². The molecule has 0 radical (unpaired) electrons. The molecular weight excluding hydrogens is 148 g/mol. The maximum Gasteiger partial charge on any atom is 0.0865 e. The first kappa shape index (κ1) is 9.53. The van der Waals surface area contributed by atoms with Gasteiger partial charge in [-0.05, 0) is 19.8 Å². The number of rotatable bonds is 3. The van der Waals surface area contributed by atoms with E-state index in [1.807, 2.05) is 12.2 Å². The molecule has 0 amide bonds. The highest BCUT2D eigenvalue weighted by molar-refractivity contribution is 5.25. The van der Waals surface area contributed by atoms with Crippen LogP contribution < -0.4 is 0 Å². The first-order valence-corrected chi connectivity index (χ1v) is 4.75. The Hall–Kier alpha value is -0.560. The standard InChI is InChI=1S/C11H18O/c1-3-4-7-11(12)8-5-10(2)6-9-11/h5-6,8,12H,3-4,7,9H2,1-2H3. The number of unbranched alkanes of at least 4 members (excludes halogenated alkanes) is 1. The third kappa shape index (κ3) is 2.49. The number of allylic oxidation sites excluding steroid dienone is 2. The van der Waals surface area contributed by atoms with E-state index >= 15 is 0 Å². The van der Waals surface area contributed by atoms with Gasteiger partial charge in [0.25, 0.3) is 0 Å². The summed E-state index contributed by atoms with van der Waals surface area (Å²) in [5, 5.41) is 9.99. The molecule has 1 unspecified atom stereocenters. The molecule has 0 bridgehead atoms. The van der Waals surface area contributed by atoms with Gasteiger partial charge in [0.2, 0.25) is 0 Å². The van der Waals surface area contributed by atoms with E-state index in [4.69, 9.17) is 0 Å². The summed E-state index contributed by atoms with van der Waals surface area (Å²) < 4.78 is 0. The van der Waals surface area contributed by atoms with Crippen LogP contribution in [0.1, 0.15) is 39.5 Å². The van der Waals surface area contributed by atoms with Crippen LogP contribution in [0.4, 0.5) is 0 Å². The zero-order valence-electron chi connectivity index (χ0n) is 8.01. The molecule has 0 saturated heterocycles. The second-order valence-electron chi connectivity index (χ2n) is 3.69. The van der Waals surface area contributed by atoms with Gasteiger partial charge >= 0.3 is 0 Å². The van der Waals surface area contributed by atoms with Crippen LogP contribution in [0.3, 0.4) is 0 Å². The molecule has 68 valence electrons. The van der Waals surface area contributed by atoms with Gasteiger partial charge in [0.05, 0.1) is 5.60 Å². The van der Waals surface area contributed by atoms with Crippen LogP contribution in [0.15, 0.2) is 23.8 Å². The average molecular weight is 166 g/mol. The minimum absolute atomic E-state index is 0.546. The van der Waals surface area contributed by atoms with E-state index in [1.165, 1.54) is 5.57 Å². The number of aliphatic hydroxyl groups is 1. The van der Waals surface area contributed by atoms with E-state index in [0.717, 1.165) is 25.7 Å². The van der Waals surface area contributed by atoms with Crippen molar-refractivity contribution in [3.63, 3.8) is 0 Å². The molecule has 0 spiro atoms. The Morgan fingerprint density at radius 2 is 2.33 bits per heavy atom. The first-order valence-electron chi connectivity index (χ1n) is 4.75. The summed E-state index contributed by atoms with van der Waals surface area (Å²) in [6.45, 7) is 4.22. The lowest BCUT2D eigenvalue weighted by molar-refractivity contribution is 0.0806. The molecular formula is C11H18O. The summed E-state index contributed by atoms with van der Waals surface area (Å²) in [5.74, 6) is 0. The first-order chi connectivity index (χ1) is 5.66. The molecule has 1 N–H and O–H groups in total. The molecule has 12 heavy (non-hydrogen) atoms. The topological polar surface area (TPSA) is 20.2 Å². The van der Waals surface area contributed by atoms with Gasteiger partial charge in [-0.1, -0.05) is 43.6 Å². The van der Waals surface area contributed by atoms with Gasteiger partial charge in [-0.2, -0.15) is 0 Å². The number of hydrogen-bond acceptors (Lipinski definition) is 1. The van der Waals surface area contributed by atoms with Crippen LogP contribution in [0, 0.1) is 0 Å². The quantitative estimate of drug-likeness (QED) is 0.683. The fraction of sp³-hybridized carbons (Fsp3) is 0.636. The summed E-state index contributed by atoms with van der Waals surface area (Å²) in [7, 11) is 0. The summed E-state index contributed by atoms with van der Waals surface area (Å²) in [6, 6.07) is 0. The smallest absolute Gasteiger partial charge is 0.0865 e. The van der Waals surface area contributed by atoms with Crippen LogP contribution >= 0.6 is 0 Å². The zero-order chi connectivity index (χ0) is 9.03. The monoisotopic (exact) mass is 166 g/mol. The Morgan fingerprint density at radius 3 is 2.83 bits per heavy atom. The average Bonchev–Trinajstić information content (AvgIpc) is 2.08. The molecule has 1 nitrogen and oxygen atoms in total. The Balaban J connectivity index is 2.47. The van der Waals surface area contributed by atoms with E-state index in [2.05, 4.69) is 19.9 Å². The lowest BCUT2D eigenvalue weighted by Crippen LogP contribution is -2.26. The van der Waals surface area contributed by atoms with Crippen molar-refractivity contribution in [3.8, 4) is 0 Å². The zero-order valence-corrected chi connectivity index (χ0v) is 8.01. The van der Waals surface area contributed by atoms with Crippen molar-refractivity contribution >= 4 is 0 Å². The van der Waals surface area contributed by atoms with Crippen LogP contribution in [0.5, 0.6) is 0 Å². The highest BCUT2D eigenvalue weighted by Gasteiger charge is 2.22. The fourth-order valence-corrected chi connectivity index (χ4v) is 1.43. The maximum atomic E-state index is 9.99. The van der Waals surface area contributed by atoms with Gasteiger partial charge < -0.3 is 5.11 Å². The van der Waals surface area contributed by atoms with Gasteiger partial charge in [0.1, 0.15) is 0 Å². The van der Waals surface area contributed by atoms with Crippen molar-refractivity contribution < 1.29 is 5.11 Å². The summed E-state index contributed by atoms with van der Waals surface area (Å²) in [6.07, 6.45) is 10.00. The Morgan fingerprint density at radius 1 is 1.58 bits per heavy atom. The van der Waals surface area contributed by atoms with E-state index < -0.39 is 5.60 Å². The third-order valence-electron chi connectivity index (χ3n) is 2.40. The van der Waals surface area contributed by atoms with Gasteiger partial charge in [0.15, 0.2) is 0 Å². The molecule has 1 aliphatic rings. The normalized spacial score (nSPS) is 28.8. The minimum Gasteiger partial charge on any atom is -0.385 e. The van der Waals surface area contributed by atoms with Crippen molar-refractivity contribution in [2.75, 3.05) is 0 Å². The SMILES string of the molecule is CCCCC1(O)C=CC(C)=CC1. The van der Waals surface area contributed by atoms with Crippen molar-refractivity contribution in [3.05, 3.63) is 23.8 Å². The largest absolute Gasteiger partial charge is 0.385 e. The molecule has 0 aromatic carbocycles. The predicted octanol–water partition coefficient (Wildman–Crippen LogP) is 2.81. The van der Waals surface area contributed by atoms with Crippen molar-refractivity contribution in [1.82, 2.24) is 0 Å². The van der Waals surface area contributed by atoms with Crippen LogP contribution in [-0.4, -0.2) is 10.7 Å². The van der Waals surface area contributed by atoms with Gasteiger partial charge in [-0.15, -0.1) is 0 Å². The van der Waals surface area contributed by atoms with E-state index in [0.29, 0.717) is 0 Å². The van der Waals surface area contributed by atoms with Crippen molar-refractivity contribution in [2.45, 2.75) is 45.1 Å². The Kier molecular flexibility index (Phi) is 3.10. The van der Waals surface area contributed by atoms with E-state index in [-0.39, 0.29) is 0 Å². The molecule has 0 aromatic heterocycles. The Bertz CT molecular complexity index is 203. The summed E-state index contributed by atoms with van der Waals surface area (Å²) in [5.41, 5.74) is 0.714. The van der Waals surface area contributed by atoms with Crippen LogP contribution in [-0.2, 0) is 0 Å². The molecule has 0 aliphatic heterocycles. The van der Waals surface area contributed by atoms with E-state index in [1.54, 1.807) is 0 Å². The summed E-state index contributed by atoms with van der Waals surface area (Å²) in [4.78, 5) is 0. The molecule has 1 rings (SSSR count). The lowest BCUT2D eigenvalue weighted by atomic mass is 9.88. The van der Waals surface area contributed by atoms with Crippen LogP contribution in [0.25, 0.3) is 0 Å². The molecule has 0 fully saturated rings. The molecule has 1 heteroatoms. The second-order valence-corrected chi connectivity index (χ2v) is 3.69. The molecule has 1 aliphatic carbocycles. The molecule has 0 heterocycles. The molecule has 1 atom stereocenters. The lowest BCUT2D eigenvalue weighted by Gasteiger charge is -2.25. The second kappa shape index (κ2) is 3.90. The minimum atomic E-state index is -0.546. The van der Waals surface area contributed by atoms with E-state index in [9.17, 15) is 5.11 Å². The van der Waals surface area contributed by atoms with Crippen molar-refractivity contribution in [2.24, 2.45) is 0 Å². The predicted molar refractivity (Wildman–Crippen MR) is 52.0 cm³/mol. The maximum absolute atomic E-state index is 9.99. The van der Waals surface area contributed by atoms with Gasteiger partial charge in [0, 0.05) is 0 Å². The van der Waals surface area contributed by atoms with Crippen LogP contribution in [0.2, 0.25) is 0 Å². The molecule has 0 saturated carbocycles. The summed E-state index contributed by atoms with van der Waals surface area (Å²) >= 11 is 0. The third-order valence-corrected chi connectivity index (χ3v) is 2.40. The fourth-order valence-electron chi connectivity index (χ4n) is 1.43. The molecule has 0 aromatic rings. The van der Waals surface area contributed by atoms with Gasteiger partial charge in [-0.25, -0.2) is 0 Å². The van der Waals surface area contributed by atoms with Gasteiger partial charge in [-0.3, -0.25) is 0 Å². The number of hydrogen-bond donors (Lipinski definition) is 1. The highest BCUT2D eigenvalue weighted by atomic mass is 16.3. The van der Waals surface area contributed by atoms with Crippen molar-refractivity contribution in [1.29, 1.82) is 0 Å².